The maximum Gasteiger partial charge on any atom is 0.216 e. The Balaban J connectivity index is 2.20. The summed E-state index contributed by atoms with van der Waals surface area (Å²) in [5.41, 5.74) is 1.07. The molecule has 0 atom stereocenters. The molecule has 0 aliphatic heterocycles. The third-order valence-electron chi connectivity index (χ3n) is 2.99. The van der Waals surface area contributed by atoms with E-state index < -0.39 is 11.6 Å². The molecule has 0 fully saturated rings. The van der Waals surface area contributed by atoms with Crippen LogP contribution in [0.1, 0.15) is 16.1 Å². The fourth-order valence-electron chi connectivity index (χ4n) is 2.07. The Labute approximate surface area is 108 Å². The van der Waals surface area contributed by atoms with Gasteiger partial charge in [-0.2, -0.15) is 5.10 Å². The SMILES string of the molecule is Cn1nc(C(=O)c2ccncc2F)c2ccccc21. The van der Waals surface area contributed by atoms with Crippen molar-refractivity contribution in [3.05, 3.63) is 59.8 Å². The fourth-order valence-corrected chi connectivity index (χ4v) is 2.07. The van der Waals surface area contributed by atoms with Gasteiger partial charge in [0.25, 0.3) is 0 Å². The monoisotopic (exact) mass is 255 g/mol. The highest BCUT2D eigenvalue weighted by atomic mass is 19.1. The van der Waals surface area contributed by atoms with Crippen molar-refractivity contribution in [2.75, 3.05) is 0 Å². The Bertz CT molecular complexity index is 779. The molecule has 0 bridgehead atoms. The summed E-state index contributed by atoms with van der Waals surface area (Å²) in [6.07, 6.45) is 2.42. The Morgan fingerprint density at radius 1 is 1.26 bits per heavy atom. The summed E-state index contributed by atoms with van der Waals surface area (Å²) >= 11 is 0. The largest absolute Gasteiger partial charge is 0.287 e. The van der Waals surface area contributed by atoms with Crippen molar-refractivity contribution in [2.24, 2.45) is 7.05 Å². The molecular formula is C14H10FN3O. The van der Waals surface area contributed by atoms with Gasteiger partial charge in [-0.15, -0.1) is 0 Å². The number of hydrogen-bond donors (Lipinski definition) is 0. The molecule has 0 amide bonds. The van der Waals surface area contributed by atoms with Crippen LogP contribution in [0.3, 0.4) is 0 Å². The zero-order chi connectivity index (χ0) is 13.4. The summed E-state index contributed by atoms with van der Waals surface area (Å²) in [4.78, 5) is 16.0. The van der Waals surface area contributed by atoms with Crippen molar-refractivity contribution in [1.82, 2.24) is 14.8 Å². The second-order valence-corrected chi connectivity index (χ2v) is 4.17. The number of halogens is 1. The van der Waals surface area contributed by atoms with E-state index in [-0.39, 0.29) is 11.3 Å². The Kier molecular flexibility index (Phi) is 2.59. The van der Waals surface area contributed by atoms with Gasteiger partial charge in [0.05, 0.1) is 17.3 Å². The van der Waals surface area contributed by atoms with Gasteiger partial charge >= 0.3 is 0 Å². The van der Waals surface area contributed by atoms with Gasteiger partial charge < -0.3 is 0 Å². The number of nitrogens with zero attached hydrogens (tertiary/aromatic N) is 3. The van der Waals surface area contributed by atoms with Crippen LogP contribution < -0.4 is 0 Å². The van der Waals surface area contributed by atoms with Gasteiger partial charge in [-0.05, 0) is 12.1 Å². The fraction of sp³-hybridized carbons (Fsp3) is 0.0714. The van der Waals surface area contributed by atoms with Gasteiger partial charge in [0.1, 0.15) is 5.69 Å². The third kappa shape index (κ3) is 1.79. The van der Waals surface area contributed by atoms with E-state index in [1.807, 2.05) is 18.2 Å². The molecule has 2 aromatic heterocycles. The van der Waals surface area contributed by atoms with Crippen molar-refractivity contribution in [1.29, 1.82) is 0 Å². The molecule has 0 aliphatic carbocycles. The van der Waals surface area contributed by atoms with Crippen LogP contribution in [0, 0.1) is 5.82 Å². The number of carbonyl (C=O) groups is 1. The topological polar surface area (TPSA) is 47.8 Å². The van der Waals surface area contributed by atoms with E-state index in [1.165, 1.54) is 12.3 Å². The Morgan fingerprint density at radius 2 is 2.05 bits per heavy atom. The van der Waals surface area contributed by atoms with Crippen LogP contribution in [-0.4, -0.2) is 20.5 Å². The number of aryl methyl sites for hydroxylation is 1. The van der Waals surface area contributed by atoms with Crippen LogP contribution >= 0.6 is 0 Å². The predicted octanol–water partition coefficient (Wildman–Crippen LogP) is 2.34. The summed E-state index contributed by atoms with van der Waals surface area (Å²) in [5.74, 6) is -1.07. The zero-order valence-electron chi connectivity index (χ0n) is 10.2. The number of para-hydroxylation sites is 1. The average Bonchev–Trinajstić information content (AvgIpc) is 2.77. The standard InChI is InChI=1S/C14H10FN3O/c1-18-12-5-3-2-4-10(12)13(17-18)14(19)9-6-7-16-8-11(9)15/h2-8H,1H3. The number of rotatable bonds is 2. The van der Waals surface area contributed by atoms with Gasteiger partial charge in [0, 0.05) is 18.6 Å². The van der Waals surface area contributed by atoms with Gasteiger partial charge in [0.15, 0.2) is 5.82 Å². The Morgan fingerprint density at radius 3 is 2.84 bits per heavy atom. The summed E-state index contributed by atoms with van der Waals surface area (Å²) in [7, 11) is 1.75. The van der Waals surface area contributed by atoms with Crippen molar-refractivity contribution in [3.8, 4) is 0 Å². The first-order valence-electron chi connectivity index (χ1n) is 5.74. The summed E-state index contributed by atoms with van der Waals surface area (Å²) in [6.45, 7) is 0. The van der Waals surface area contributed by atoms with Crippen molar-refractivity contribution < 1.29 is 9.18 Å². The number of fused-ring (bicyclic) bond motifs is 1. The molecular weight excluding hydrogens is 245 g/mol. The summed E-state index contributed by atoms with van der Waals surface area (Å²) in [6, 6.07) is 8.72. The lowest BCUT2D eigenvalue weighted by Gasteiger charge is -1.99. The maximum atomic E-state index is 13.6. The molecule has 3 aromatic rings. The maximum absolute atomic E-state index is 13.6. The summed E-state index contributed by atoms with van der Waals surface area (Å²) in [5, 5.41) is 4.90. The van der Waals surface area contributed by atoms with Gasteiger partial charge in [-0.25, -0.2) is 4.39 Å². The molecule has 2 heterocycles. The van der Waals surface area contributed by atoms with E-state index in [0.717, 1.165) is 11.7 Å². The highest BCUT2D eigenvalue weighted by molar-refractivity contribution is 6.14. The number of carbonyl (C=O) groups excluding carboxylic acids is 1. The normalized spacial score (nSPS) is 10.8. The molecule has 0 radical (unpaired) electrons. The Hall–Kier alpha value is -2.56. The second kappa shape index (κ2) is 4.28. The van der Waals surface area contributed by atoms with Gasteiger partial charge in [-0.1, -0.05) is 18.2 Å². The molecule has 0 N–H and O–H groups in total. The molecule has 94 valence electrons. The molecule has 4 nitrogen and oxygen atoms in total. The van der Waals surface area contributed by atoms with E-state index in [9.17, 15) is 9.18 Å². The smallest absolute Gasteiger partial charge is 0.216 e. The first kappa shape index (κ1) is 11.5. The van der Waals surface area contributed by atoms with Crippen LogP contribution in [-0.2, 0) is 7.05 Å². The minimum atomic E-state index is -0.637. The number of aromatic nitrogens is 3. The number of ketones is 1. The third-order valence-corrected chi connectivity index (χ3v) is 2.99. The van der Waals surface area contributed by atoms with E-state index in [1.54, 1.807) is 17.8 Å². The van der Waals surface area contributed by atoms with E-state index in [2.05, 4.69) is 10.1 Å². The molecule has 3 rings (SSSR count). The van der Waals surface area contributed by atoms with Crippen molar-refractivity contribution in [3.63, 3.8) is 0 Å². The minimum absolute atomic E-state index is 0.0150. The van der Waals surface area contributed by atoms with E-state index in [4.69, 9.17) is 0 Å². The molecule has 0 unspecified atom stereocenters. The van der Waals surface area contributed by atoms with Gasteiger partial charge in [-0.3, -0.25) is 14.5 Å². The average molecular weight is 255 g/mol. The zero-order valence-corrected chi connectivity index (χ0v) is 10.2. The lowest BCUT2D eigenvalue weighted by molar-refractivity contribution is 0.103. The molecule has 1 aromatic carbocycles. The number of hydrogen-bond acceptors (Lipinski definition) is 3. The quantitative estimate of drug-likeness (QED) is 0.660. The highest BCUT2D eigenvalue weighted by Crippen LogP contribution is 2.21. The van der Waals surface area contributed by atoms with Crippen LogP contribution in [0.25, 0.3) is 10.9 Å². The minimum Gasteiger partial charge on any atom is -0.287 e. The molecule has 5 heteroatoms. The lowest BCUT2D eigenvalue weighted by Crippen LogP contribution is -2.06. The number of pyridine rings is 1. The first-order valence-corrected chi connectivity index (χ1v) is 5.74. The number of benzene rings is 1. The van der Waals surface area contributed by atoms with Crippen molar-refractivity contribution >= 4 is 16.7 Å². The van der Waals surface area contributed by atoms with E-state index in [0.29, 0.717) is 5.39 Å². The van der Waals surface area contributed by atoms with Crippen molar-refractivity contribution in [2.45, 2.75) is 0 Å². The van der Waals surface area contributed by atoms with Crippen LogP contribution in [0.4, 0.5) is 4.39 Å². The van der Waals surface area contributed by atoms with Crippen LogP contribution in [0.5, 0.6) is 0 Å². The van der Waals surface area contributed by atoms with Crippen LogP contribution in [0.15, 0.2) is 42.7 Å². The van der Waals surface area contributed by atoms with Gasteiger partial charge in [0.2, 0.25) is 5.78 Å². The summed E-state index contributed by atoms with van der Waals surface area (Å²) < 4.78 is 15.2. The van der Waals surface area contributed by atoms with Crippen LogP contribution in [0.2, 0.25) is 0 Å². The molecule has 0 spiro atoms. The molecule has 0 saturated carbocycles. The molecule has 0 aliphatic rings. The van der Waals surface area contributed by atoms with E-state index >= 15 is 0 Å². The predicted molar refractivity (Wildman–Crippen MR) is 68.3 cm³/mol. The molecule has 19 heavy (non-hydrogen) atoms. The second-order valence-electron chi connectivity index (χ2n) is 4.17. The molecule has 0 saturated heterocycles. The first-order chi connectivity index (χ1) is 9.18. The lowest BCUT2D eigenvalue weighted by atomic mass is 10.1. The highest BCUT2D eigenvalue weighted by Gasteiger charge is 2.20.